The van der Waals surface area contributed by atoms with Crippen molar-refractivity contribution >= 4 is 27.5 Å². The molecular formula is C12H15BrN2O2. The van der Waals surface area contributed by atoms with Crippen LogP contribution in [0.25, 0.3) is 5.65 Å². The molecule has 0 aliphatic rings. The molecule has 2 aromatic rings. The van der Waals surface area contributed by atoms with E-state index in [0.29, 0.717) is 17.9 Å². The van der Waals surface area contributed by atoms with Crippen molar-refractivity contribution < 1.29 is 9.53 Å². The van der Waals surface area contributed by atoms with Crippen molar-refractivity contribution in [2.75, 3.05) is 6.61 Å². The van der Waals surface area contributed by atoms with E-state index in [-0.39, 0.29) is 0 Å². The maximum absolute atomic E-state index is 11.4. The van der Waals surface area contributed by atoms with Gasteiger partial charge in [0.15, 0.2) is 5.69 Å². The van der Waals surface area contributed by atoms with Gasteiger partial charge in [-0.1, -0.05) is 29.8 Å². The van der Waals surface area contributed by atoms with Crippen LogP contribution in [0.15, 0.2) is 29.0 Å². The van der Waals surface area contributed by atoms with Gasteiger partial charge in [0.05, 0.1) is 6.61 Å². The lowest BCUT2D eigenvalue weighted by molar-refractivity contribution is 0.0520. The van der Waals surface area contributed by atoms with Crippen LogP contribution in [0.1, 0.15) is 31.3 Å². The molecule has 4 nitrogen and oxygen atoms in total. The molecule has 0 unspecified atom stereocenters. The molecule has 0 radical (unpaired) electrons. The van der Waals surface area contributed by atoms with E-state index in [1.54, 1.807) is 17.5 Å². The molecule has 0 amide bonds. The third-order valence-corrected chi connectivity index (χ3v) is 2.40. The highest BCUT2D eigenvalue weighted by Gasteiger charge is 2.11. The van der Waals surface area contributed by atoms with E-state index >= 15 is 0 Å². The average molecular weight is 299 g/mol. The summed E-state index contributed by atoms with van der Waals surface area (Å²) in [4.78, 5) is 15.5. The Morgan fingerprint density at radius 3 is 2.88 bits per heavy atom. The first kappa shape index (κ1) is 13.7. The Labute approximate surface area is 109 Å². The molecule has 0 N–H and O–H groups in total. The molecule has 0 fully saturated rings. The molecule has 17 heavy (non-hydrogen) atoms. The summed E-state index contributed by atoms with van der Waals surface area (Å²) in [5.41, 5.74) is 1.04. The van der Waals surface area contributed by atoms with E-state index in [1.165, 1.54) is 0 Å². The lowest BCUT2D eigenvalue weighted by Crippen LogP contribution is -2.04. The van der Waals surface area contributed by atoms with Crippen LogP contribution in [-0.2, 0) is 4.74 Å². The third-order valence-electron chi connectivity index (χ3n) is 1.91. The fourth-order valence-corrected chi connectivity index (χ4v) is 1.58. The van der Waals surface area contributed by atoms with Crippen LogP contribution in [0, 0.1) is 0 Å². The van der Waals surface area contributed by atoms with Crippen molar-refractivity contribution in [3.63, 3.8) is 0 Å². The largest absolute Gasteiger partial charge is 0.461 e. The Kier molecular flexibility index (Phi) is 5.15. The molecule has 0 aromatic carbocycles. The number of hydrogen-bond donors (Lipinski definition) is 0. The number of nitrogens with zero attached hydrogens (tertiary/aromatic N) is 2. The molecule has 2 aromatic heterocycles. The molecule has 2 rings (SSSR count). The number of carbonyl (C=O) groups is 1. The lowest BCUT2D eigenvalue weighted by Gasteiger charge is -1.95. The number of ether oxygens (including phenoxy) is 1. The third kappa shape index (κ3) is 3.30. The van der Waals surface area contributed by atoms with Gasteiger partial charge in [-0.05, 0) is 19.1 Å². The number of esters is 1. The Morgan fingerprint density at radius 2 is 2.24 bits per heavy atom. The first-order valence-electron chi connectivity index (χ1n) is 5.52. The van der Waals surface area contributed by atoms with Gasteiger partial charge in [0.1, 0.15) is 5.65 Å². The highest BCUT2D eigenvalue weighted by Crippen LogP contribution is 2.13. The van der Waals surface area contributed by atoms with Gasteiger partial charge in [0.25, 0.3) is 0 Å². The Bertz CT molecular complexity index is 508. The van der Waals surface area contributed by atoms with Crippen molar-refractivity contribution in [2.45, 2.75) is 20.8 Å². The molecule has 0 atom stereocenters. The topological polar surface area (TPSA) is 43.6 Å². The van der Waals surface area contributed by atoms with E-state index < -0.39 is 5.97 Å². The number of pyridine rings is 1. The molecule has 0 saturated carbocycles. The monoisotopic (exact) mass is 298 g/mol. The van der Waals surface area contributed by atoms with Crippen molar-refractivity contribution in [2.24, 2.45) is 0 Å². The van der Waals surface area contributed by atoms with Gasteiger partial charge in [-0.15, -0.1) is 0 Å². The van der Waals surface area contributed by atoms with Crippen LogP contribution >= 0.6 is 15.9 Å². The van der Waals surface area contributed by atoms with Gasteiger partial charge >= 0.3 is 5.97 Å². The van der Waals surface area contributed by atoms with E-state index in [2.05, 4.69) is 20.9 Å². The van der Waals surface area contributed by atoms with E-state index in [4.69, 9.17) is 4.74 Å². The summed E-state index contributed by atoms with van der Waals surface area (Å²) >= 11 is 3.34. The van der Waals surface area contributed by atoms with Crippen LogP contribution in [-0.4, -0.2) is 22.0 Å². The second kappa shape index (κ2) is 6.39. The quantitative estimate of drug-likeness (QED) is 0.799. The normalized spacial score (nSPS) is 9.65. The minimum absolute atomic E-state index is 0.329. The highest BCUT2D eigenvalue weighted by atomic mass is 79.9. The molecule has 0 aliphatic carbocycles. The highest BCUT2D eigenvalue weighted by molar-refractivity contribution is 9.10. The van der Waals surface area contributed by atoms with Gasteiger partial charge < -0.3 is 9.14 Å². The van der Waals surface area contributed by atoms with Crippen LogP contribution in [0.5, 0.6) is 0 Å². The van der Waals surface area contributed by atoms with Crippen molar-refractivity contribution in [3.8, 4) is 0 Å². The fraction of sp³-hybridized carbons (Fsp3) is 0.333. The Hall–Kier alpha value is -1.36. The number of fused-ring (bicyclic) bond motifs is 1. The van der Waals surface area contributed by atoms with Crippen molar-refractivity contribution in [1.29, 1.82) is 0 Å². The minimum Gasteiger partial charge on any atom is -0.461 e. The van der Waals surface area contributed by atoms with Gasteiger partial charge in [0, 0.05) is 16.9 Å². The van der Waals surface area contributed by atoms with Gasteiger partial charge in [-0.25, -0.2) is 9.78 Å². The summed E-state index contributed by atoms with van der Waals surface area (Å²) < 4.78 is 7.56. The summed E-state index contributed by atoms with van der Waals surface area (Å²) in [6.45, 7) is 6.13. The minimum atomic E-state index is -0.391. The number of aromatic nitrogens is 2. The predicted octanol–water partition coefficient (Wildman–Crippen LogP) is 3.30. The molecular weight excluding hydrogens is 284 g/mol. The summed E-state index contributed by atoms with van der Waals surface area (Å²) in [6.07, 6.45) is 3.48. The first-order chi connectivity index (χ1) is 8.20. The van der Waals surface area contributed by atoms with Crippen LogP contribution in [0.3, 0.4) is 0 Å². The van der Waals surface area contributed by atoms with Crippen LogP contribution in [0.4, 0.5) is 0 Å². The molecule has 0 saturated heterocycles. The molecule has 92 valence electrons. The number of hydrogen-bond acceptors (Lipinski definition) is 3. The van der Waals surface area contributed by atoms with E-state index in [9.17, 15) is 4.79 Å². The first-order valence-corrected chi connectivity index (χ1v) is 6.31. The molecule has 5 heteroatoms. The zero-order chi connectivity index (χ0) is 12.8. The Balaban J connectivity index is 0.000000686. The summed E-state index contributed by atoms with van der Waals surface area (Å²) in [7, 11) is 0. The molecule has 0 spiro atoms. The maximum Gasteiger partial charge on any atom is 0.358 e. The maximum atomic E-state index is 11.4. The van der Waals surface area contributed by atoms with Crippen LogP contribution in [0.2, 0.25) is 0 Å². The molecule has 0 aliphatic heterocycles. The second-order valence-corrected chi connectivity index (χ2v) is 3.87. The smallest absolute Gasteiger partial charge is 0.358 e. The van der Waals surface area contributed by atoms with E-state index in [0.717, 1.165) is 4.47 Å². The lowest BCUT2D eigenvalue weighted by atomic mass is 10.5. The van der Waals surface area contributed by atoms with Crippen molar-refractivity contribution in [1.82, 2.24) is 9.38 Å². The SMILES string of the molecule is CC.CCOC(=O)c1cn2ccc(Br)cc2n1. The number of halogens is 1. The van der Waals surface area contributed by atoms with Gasteiger partial charge in [-0.2, -0.15) is 0 Å². The predicted molar refractivity (Wildman–Crippen MR) is 70.2 cm³/mol. The van der Waals surface area contributed by atoms with Crippen molar-refractivity contribution in [3.05, 3.63) is 34.7 Å². The van der Waals surface area contributed by atoms with Crippen LogP contribution < -0.4 is 0 Å². The van der Waals surface area contributed by atoms with Gasteiger partial charge in [0.2, 0.25) is 0 Å². The zero-order valence-electron chi connectivity index (χ0n) is 10.1. The zero-order valence-corrected chi connectivity index (χ0v) is 11.7. The second-order valence-electron chi connectivity index (χ2n) is 2.96. The standard InChI is InChI=1S/C10H9BrN2O2.C2H6/c1-2-15-10(14)8-6-13-4-3-7(11)5-9(13)12-8;1-2/h3-6H,2H2,1H3;1-2H3. The van der Waals surface area contributed by atoms with Gasteiger partial charge in [-0.3, -0.25) is 0 Å². The molecule has 2 heterocycles. The number of imidazole rings is 1. The Morgan fingerprint density at radius 1 is 1.53 bits per heavy atom. The molecule has 0 bridgehead atoms. The summed E-state index contributed by atoms with van der Waals surface area (Å²) in [6, 6.07) is 3.71. The summed E-state index contributed by atoms with van der Waals surface area (Å²) in [5, 5.41) is 0. The summed E-state index contributed by atoms with van der Waals surface area (Å²) in [5.74, 6) is -0.391. The van der Waals surface area contributed by atoms with E-state index in [1.807, 2.05) is 32.2 Å². The fourth-order valence-electron chi connectivity index (χ4n) is 1.26. The number of rotatable bonds is 2. The number of carbonyl (C=O) groups excluding carboxylic acids is 1. The average Bonchev–Trinajstić information content (AvgIpc) is 2.75.